The van der Waals surface area contributed by atoms with E-state index in [9.17, 15) is 0 Å². The van der Waals surface area contributed by atoms with E-state index < -0.39 is 0 Å². The molecule has 0 bridgehead atoms. The van der Waals surface area contributed by atoms with Crippen molar-refractivity contribution in [3.8, 4) is 11.4 Å². The predicted molar refractivity (Wildman–Crippen MR) is 64.2 cm³/mol. The van der Waals surface area contributed by atoms with Crippen LogP contribution < -0.4 is 5.32 Å². The number of nitrogens with one attached hydrogen (secondary N) is 1. The number of hydrogen-bond donors (Lipinski definition) is 1. The van der Waals surface area contributed by atoms with E-state index in [0.717, 1.165) is 29.6 Å². The van der Waals surface area contributed by atoms with E-state index in [1.54, 1.807) is 6.20 Å². The molecule has 0 spiro atoms. The number of pyridine rings is 1. The lowest BCUT2D eigenvalue weighted by molar-refractivity contribution is 1.03. The summed E-state index contributed by atoms with van der Waals surface area (Å²) >= 11 is 0. The molecule has 0 aliphatic heterocycles. The van der Waals surface area contributed by atoms with Gasteiger partial charge in [-0.25, -0.2) is 9.97 Å². The number of hydrogen-bond acceptors (Lipinski definition) is 4. The van der Waals surface area contributed by atoms with Gasteiger partial charge in [-0.05, 0) is 26.0 Å². The Kier molecular flexibility index (Phi) is 3.10. The van der Waals surface area contributed by atoms with E-state index in [-0.39, 0.29) is 0 Å². The average molecular weight is 214 g/mol. The molecule has 2 aromatic rings. The molecule has 0 atom stereocenters. The standard InChI is InChI=1S/C12H14N4/c1-3-13-12-8-11(15-9(2)16-12)10-6-4-5-7-14-10/h4-8H,3H2,1-2H3,(H,13,15,16). The first-order valence-electron chi connectivity index (χ1n) is 5.30. The van der Waals surface area contributed by atoms with Crippen molar-refractivity contribution in [2.24, 2.45) is 0 Å². The van der Waals surface area contributed by atoms with Crippen molar-refractivity contribution >= 4 is 5.82 Å². The fraction of sp³-hybridized carbons (Fsp3) is 0.250. The van der Waals surface area contributed by atoms with Crippen molar-refractivity contribution in [1.29, 1.82) is 0 Å². The first-order chi connectivity index (χ1) is 7.79. The molecular weight excluding hydrogens is 200 g/mol. The van der Waals surface area contributed by atoms with E-state index in [2.05, 4.69) is 20.3 Å². The molecule has 16 heavy (non-hydrogen) atoms. The summed E-state index contributed by atoms with van der Waals surface area (Å²) in [5.74, 6) is 1.59. The molecule has 2 aromatic heterocycles. The van der Waals surface area contributed by atoms with Crippen molar-refractivity contribution in [2.75, 3.05) is 11.9 Å². The maximum Gasteiger partial charge on any atom is 0.130 e. The lowest BCUT2D eigenvalue weighted by atomic mass is 10.2. The minimum atomic E-state index is 0.749. The Bertz CT molecular complexity index is 468. The first kappa shape index (κ1) is 10.5. The van der Waals surface area contributed by atoms with Crippen molar-refractivity contribution in [3.63, 3.8) is 0 Å². The molecule has 0 aliphatic carbocycles. The minimum Gasteiger partial charge on any atom is -0.370 e. The van der Waals surface area contributed by atoms with Gasteiger partial charge in [0, 0.05) is 18.8 Å². The van der Waals surface area contributed by atoms with Crippen LogP contribution >= 0.6 is 0 Å². The highest BCUT2D eigenvalue weighted by molar-refractivity contribution is 5.58. The second-order valence-corrected chi connectivity index (χ2v) is 3.43. The maximum absolute atomic E-state index is 4.37. The lowest BCUT2D eigenvalue weighted by Gasteiger charge is -2.06. The summed E-state index contributed by atoms with van der Waals surface area (Å²) in [6, 6.07) is 7.70. The normalized spacial score (nSPS) is 10.1. The van der Waals surface area contributed by atoms with Gasteiger partial charge in [0.1, 0.15) is 11.6 Å². The molecule has 1 N–H and O–H groups in total. The van der Waals surface area contributed by atoms with Gasteiger partial charge in [0.2, 0.25) is 0 Å². The molecule has 4 nitrogen and oxygen atoms in total. The fourth-order valence-electron chi connectivity index (χ4n) is 1.48. The first-order valence-corrected chi connectivity index (χ1v) is 5.30. The summed E-state index contributed by atoms with van der Waals surface area (Å²) in [5.41, 5.74) is 1.72. The third-order valence-electron chi connectivity index (χ3n) is 2.12. The second kappa shape index (κ2) is 4.70. The van der Waals surface area contributed by atoms with E-state index in [0.29, 0.717) is 0 Å². The smallest absolute Gasteiger partial charge is 0.130 e. The van der Waals surface area contributed by atoms with Crippen molar-refractivity contribution in [2.45, 2.75) is 13.8 Å². The Hall–Kier alpha value is -1.97. The van der Waals surface area contributed by atoms with E-state index >= 15 is 0 Å². The Morgan fingerprint density at radius 2 is 2.06 bits per heavy atom. The zero-order valence-corrected chi connectivity index (χ0v) is 9.44. The summed E-state index contributed by atoms with van der Waals surface area (Å²) in [5, 5.41) is 3.18. The van der Waals surface area contributed by atoms with Crippen LogP contribution in [0.2, 0.25) is 0 Å². The van der Waals surface area contributed by atoms with Crippen molar-refractivity contribution in [3.05, 3.63) is 36.3 Å². The van der Waals surface area contributed by atoms with Crippen LogP contribution in [0.25, 0.3) is 11.4 Å². The number of rotatable bonds is 3. The molecule has 0 saturated carbocycles. The molecule has 0 fully saturated rings. The Labute approximate surface area is 94.8 Å². The highest BCUT2D eigenvalue weighted by Gasteiger charge is 2.04. The van der Waals surface area contributed by atoms with Crippen molar-refractivity contribution < 1.29 is 0 Å². The summed E-state index contributed by atoms with van der Waals surface area (Å²) in [7, 11) is 0. The molecular formula is C12H14N4. The summed E-state index contributed by atoms with van der Waals surface area (Å²) in [4.78, 5) is 12.9. The molecule has 2 heterocycles. The number of aryl methyl sites for hydroxylation is 1. The van der Waals surface area contributed by atoms with Crippen LogP contribution in [0.3, 0.4) is 0 Å². The van der Waals surface area contributed by atoms with Crippen LogP contribution in [-0.4, -0.2) is 21.5 Å². The van der Waals surface area contributed by atoms with Gasteiger partial charge in [0.25, 0.3) is 0 Å². The molecule has 4 heteroatoms. The number of nitrogens with zero attached hydrogens (tertiary/aromatic N) is 3. The molecule has 0 aromatic carbocycles. The summed E-state index contributed by atoms with van der Waals surface area (Å²) < 4.78 is 0. The van der Waals surface area contributed by atoms with Gasteiger partial charge in [-0.1, -0.05) is 6.07 Å². The monoisotopic (exact) mass is 214 g/mol. The van der Waals surface area contributed by atoms with Crippen LogP contribution in [-0.2, 0) is 0 Å². The molecule has 0 saturated heterocycles. The maximum atomic E-state index is 4.37. The third-order valence-corrected chi connectivity index (χ3v) is 2.12. The zero-order valence-electron chi connectivity index (χ0n) is 9.44. The van der Waals surface area contributed by atoms with Gasteiger partial charge in [-0.15, -0.1) is 0 Å². The molecule has 82 valence electrons. The topological polar surface area (TPSA) is 50.7 Å². The molecule has 0 aliphatic rings. The van der Waals surface area contributed by atoms with Crippen LogP contribution in [0.1, 0.15) is 12.7 Å². The van der Waals surface area contributed by atoms with E-state index in [1.165, 1.54) is 0 Å². The van der Waals surface area contributed by atoms with Crippen molar-refractivity contribution in [1.82, 2.24) is 15.0 Å². The van der Waals surface area contributed by atoms with Crippen LogP contribution in [0.15, 0.2) is 30.5 Å². The Morgan fingerprint density at radius 1 is 1.19 bits per heavy atom. The Morgan fingerprint density at radius 3 is 2.75 bits per heavy atom. The van der Waals surface area contributed by atoms with Gasteiger partial charge in [-0.2, -0.15) is 0 Å². The lowest BCUT2D eigenvalue weighted by Crippen LogP contribution is -2.02. The van der Waals surface area contributed by atoms with Gasteiger partial charge in [-0.3, -0.25) is 4.98 Å². The highest BCUT2D eigenvalue weighted by atomic mass is 15.0. The van der Waals surface area contributed by atoms with Crippen LogP contribution in [0.5, 0.6) is 0 Å². The molecule has 2 rings (SSSR count). The largest absolute Gasteiger partial charge is 0.370 e. The quantitative estimate of drug-likeness (QED) is 0.851. The third kappa shape index (κ3) is 2.34. The predicted octanol–water partition coefficient (Wildman–Crippen LogP) is 2.28. The fourth-order valence-corrected chi connectivity index (χ4v) is 1.48. The van der Waals surface area contributed by atoms with Gasteiger partial charge < -0.3 is 5.32 Å². The molecule has 0 radical (unpaired) electrons. The average Bonchev–Trinajstić information content (AvgIpc) is 2.30. The van der Waals surface area contributed by atoms with Gasteiger partial charge >= 0.3 is 0 Å². The van der Waals surface area contributed by atoms with Crippen LogP contribution in [0, 0.1) is 6.92 Å². The second-order valence-electron chi connectivity index (χ2n) is 3.43. The minimum absolute atomic E-state index is 0.749. The summed E-state index contributed by atoms with van der Waals surface area (Å²) in [6.45, 7) is 4.77. The van der Waals surface area contributed by atoms with Gasteiger partial charge in [0.05, 0.1) is 11.4 Å². The summed E-state index contributed by atoms with van der Waals surface area (Å²) in [6.07, 6.45) is 1.76. The molecule has 0 unspecified atom stereocenters. The van der Waals surface area contributed by atoms with Gasteiger partial charge in [0.15, 0.2) is 0 Å². The number of aromatic nitrogens is 3. The number of anilines is 1. The van der Waals surface area contributed by atoms with E-state index in [4.69, 9.17) is 0 Å². The Balaban J connectivity index is 2.41. The highest BCUT2D eigenvalue weighted by Crippen LogP contribution is 2.16. The zero-order chi connectivity index (χ0) is 11.4. The SMILES string of the molecule is CCNc1cc(-c2ccccn2)nc(C)n1. The molecule has 0 amide bonds. The van der Waals surface area contributed by atoms with E-state index in [1.807, 2.05) is 38.1 Å². The van der Waals surface area contributed by atoms with Crippen LogP contribution in [0.4, 0.5) is 5.82 Å².